The smallest absolute Gasteiger partial charge is 0.0314 e. The second-order valence-corrected chi connectivity index (χ2v) is 9.57. The Hall–Kier alpha value is -3.52. The first kappa shape index (κ1) is 23.6. The van der Waals surface area contributed by atoms with Crippen molar-refractivity contribution in [3.8, 4) is 0 Å². The Morgan fingerprint density at radius 1 is 0.471 bits per heavy atom. The molecule has 4 rings (SSSR count). The van der Waals surface area contributed by atoms with E-state index in [4.69, 9.17) is 11.5 Å². The van der Waals surface area contributed by atoms with Crippen molar-refractivity contribution < 1.29 is 0 Å². The van der Waals surface area contributed by atoms with Gasteiger partial charge in [-0.2, -0.15) is 0 Å². The molecular formula is C32H36N2. The van der Waals surface area contributed by atoms with Gasteiger partial charge in [-0.05, 0) is 121 Å². The molecule has 0 aliphatic heterocycles. The van der Waals surface area contributed by atoms with E-state index >= 15 is 0 Å². The Morgan fingerprint density at radius 3 is 1.18 bits per heavy atom. The number of nitrogen functional groups attached to an aromatic ring is 2. The summed E-state index contributed by atoms with van der Waals surface area (Å²) in [5.74, 6) is 0. The Morgan fingerprint density at radius 2 is 0.824 bits per heavy atom. The molecule has 0 saturated carbocycles. The predicted molar refractivity (Wildman–Crippen MR) is 146 cm³/mol. The molecule has 2 nitrogen and oxygen atoms in total. The summed E-state index contributed by atoms with van der Waals surface area (Å²) in [5.41, 5.74) is 24.3. The lowest BCUT2D eigenvalue weighted by molar-refractivity contribution is 0.733. The van der Waals surface area contributed by atoms with Gasteiger partial charge in [0, 0.05) is 11.4 Å². The highest BCUT2D eigenvalue weighted by Gasteiger charge is 2.05. The van der Waals surface area contributed by atoms with E-state index in [2.05, 4.69) is 74.5 Å². The second kappa shape index (κ2) is 11.1. The van der Waals surface area contributed by atoms with Crippen molar-refractivity contribution in [3.05, 3.63) is 129 Å². The third kappa shape index (κ3) is 6.51. The highest BCUT2D eigenvalue weighted by molar-refractivity contribution is 5.43. The van der Waals surface area contributed by atoms with E-state index in [9.17, 15) is 0 Å². The molecule has 4 aromatic carbocycles. The van der Waals surface area contributed by atoms with Crippen molar-refractivity contribution in [2.24, 2.45) is 0 Å². The molecule has 0 amide bonds. The fourth-order valence-corrected chi connectivity index (χ4v) is 4.59. The van der Waals surface area contributed by atoms with Crippen LogP contribution >= 0.6 is 0 Å². The average molecular weight is 449 g/mol. The lowest BCUT2D eigenvalue weighted by atomic mass is 9.95. The van der Waals surface area contributed by atoms with E-state index in [0.29, 0.717) is 0 Å². The van der Waals surface area contributed by atoms with Gasteiger partial charge in [-0.1, -0.05) is 60.7 Å². The minimum absolute atomic E-state index is 0.820. The molecule has 0 atom stereocenters. The fraction of sp³-hybridized carbons (Fsp3) is 0.250. The van der Waals surface area contributed by atoms with Crippen LogP contribution in [-0.2, 0) is 25.7 Å². The van der Waals surface area contributed by atoms with E-state index in [1.165, 1.54) is 57.3 Å². The predicted octanol–water partition coefficient (Wildman–Crippen LogP) is 7.21. The summed E-state index contributed by atoms with van der Waals surface area (Å²) in [6.07, 6.45) is 6.61. The molecule has 0 heterocycles. The summed E-state index contributed by atoms with van der Waals surface area (Å²) in [6, 6.07) is 30.3. The zero-order valence-corrected chi connectivity index (χ0v) is 20.5. The minimum atomic E-state index is 0.820. The third-order valence-corrected chi connectivity index (χ3v) is 6.74. The van der Waals surface area contributed by atoms with Gasteiger partial charge in [-0.25, -0.2) is 0 Å². The molecule has 34 heavy (non-hydrogen) atoms. The maximum atomic E-state index is 5.81. The summed E-state index contributed by atoms with van der Waals surface area (Å²) in [5, 5.41) is 0. The van der Waals surface area contributed by atoms with Gasteiger partial charge in [0.15, 0.2) is 0 Å². The van der Waals surface area contributed by atoms with Gasteiger partial charge in [0.25, 0.3) is 0 Å². The Kier molecular flexibility index (Phi) is 7.69. The first-order chi connectivity index (χ1) is 16.5. The first-order valence-corrected chi connectivity index (χ1v) is 12.3. The van der Waals surface area contributed by atoms with E-state index in [-0.39, 0.29) is 0 Å². The first-order valence-electron chi connectivity index (χ1n) is 12.3. The van der Waals surface area contributed by atoms with E-state index in [1.54, 1.807) is 0 Å². The minimum Gasteiger partial charge on any atom is -0.399 e. The lowest BCUT2D eigenvalue weighted by Crippen LogP contribution is -1.97. The standard InChI is InChI=1S/C32H36N2/c1-23-19-25(7-13-29(23)21-27-9-15-31(33)16-10-27)5-3-4-6-26-8-14-30(24(2)20-26)22-28-11-17-32(34)18-12-28/h7-20H,3-6,21-22,33-34H2,1-2H3. The molecule has 0 saturated heterocycles. The molecular weight excluding hydrogens is 412 g/mol. The summed E-state index contributed by atoms with van der Waals surface area (Å²) in [6.45, 7) is 4.45. The van der Waals surface area contributed by atoms with Crippen LogP contribution in [0, 0.1) is 13.8 Å². The van der Waals surface area contributed by atoms with Crippen LogP contribution in [0.2, 0.25) is 0 Å². The van der Waals surface area contributed by atoms with Crippen LogP contribution in [0.15, 0.2) is 84.9 Å². The van der Waals surface area contributed by atoms with Crippen LogP contribution in [0.25, 0.3) is 0 Å². The molecule has 0 radical (unpaired) electrons. The largest absolute Gasteiger partial charge is 0.399 e. The maximum Gasteiger partial charge on any atom is 0.0314 e. The zero-order valence-electron chi connectivity index (χ0n) is 20.5. The van der Waals surface area contributed by atoms with Crippen molar-refractivity contribution in [3.63, 3.8) is 0 Å². The number of hydrogen-bond donors (Lipinski definition) is 2. The van der Waals surface area contributed by atoms with Gasteiger partial charge in [0.05, 0.1) is 0 Å². The summed E-state index contributed by atoms with van der Waals surface area (Å²) >= 11 is 0. The third-order valence-electron chi connectivity index (χ3n) is 6.74. The Labute approximate surface area is 204 Å². The summed E-state index contributed by atoms with van der Waals surface area (Å²) < 4.78 is 0. The normalized spacial score (nSPS) is 11.0. The molecule has 2 heteroatoms. The van der Waals surface area contributed by atoms with Gasteiger partial charge in [0.2, 0.25) is 0 Å². The van der Waals surface area contributed by atoms with Crippen molar-refractivity contribution in [2.45, 2.75) is 52.4 Å². The lowest BCUT2D eigenvalue weighted by Gasteiger charge is -2.11. The van der Waals surface area contributed by atoms with Gasteiger partial charge >= 0.3 is 0 Å². The molecule has 0 unspecified atom stereocenters. The van der Waals surface area contributed by atoms with Crippen LogP contribution in [0.4, 0.5) is 11.4 Å². The van der Waals surface area contributed by atoms with Crippen LogP contribution in [0.1, 0.15) is 57.3 Å². The van der Waals surface area contributed by atoms with Gasteiger partial charge < -0.3 is 11.5 Å². The monoisotopic (exact) mass is 448 g/mol. The van der Waals surface area contributed by atoms with E-state index in [0.717, 1.165) is 37.1 Å². The van der Waals surface area contributed by atoms with Gasteiger partial charge in [-0.3, -0.25) is 0 Å². The number of rotatable bonds is 9. The highest BCUT2D eigenvalue weighted by atomic mass is 14.5. The molecule has 4 N–H and O–H groups in total. The van der Waals surface area contributed by atoms with Crippen LogP contribution in [0.5, 0.6) is 0 Å². The van der Waals surface area contributed by atoms with Gasteiger partial charge in [0.1, 0.15) is 0 Å². The van der Waals surface area contributed by atoms with Crippen molar-refractivity contribution in [1.29, 1.82) is 0 Å². The number of unbranched alkanes of at least 4 members (excludes halogenated alkanes) is 1. The average Bonchev–Trinajstić information content (AvgIpc) is 2.83. The number of hydrogen-bond acceptors (Lipinski definition) is 2. The Balaban J connectivity index is 1.26. The van der Waals surface area contributed by atoms with E-state index < -0.39 is 0 Å². The summed E-state index contributed by atoms with van der Waals surface area (Å²) in [4.78, 5) is 0. The second-order valence-electron chi connectivity index (χ2n) is 9.57. The van der Waals surface area contributed by atoms with Gasteiger partial charge in [-0.15, -0.1) is 0 Å². The van der Waals surface area contributed by atoms with Crippen LogP contribution in [0.3, 0.4) is 0 Å². The molecule has 4 aromatic rings. The molecule has 0 bridgehead atoms. The van der Waals surface area contributed by atoms with Crippen molar-refractivity contribution >= 4 is 11.4 Å². The SMILES string of the molecule is Cc1cc(CCCCc2ccc(Cc3ccc(N)cc3)c(C)c2)ccc1Cc1ccc(N)cc1. The fourth-order valence-electron chi connectivity index (χ4n) is 4.59. The highest BCUT2D eigenvalue weighted by Crippen LogP contribution is 2.20. The molecule has 174 valence electrons. The van der Waals surface area contributed by atoms with E-state index in [1.807, 2.05) is 24.3 Å². The number of benzene rings is 4. The maximum absolute atomic E-state index is 5.81. The number of anilines is 2. The number of aryl methyl sites for hydroxylation is 4. The summed E-state index contributed by atoms with van der Waals surface area (Å²) in [7, 11) is 0. The quantitative estimate of drug-likeness (QED) is 0.210. The Bertz CT molecular complexity index is 1120. The number of nitrogens with two attached hydrogens (primary N) is 2. The van der Waals surface area contributed by atoms with Crippen molar-refractivity contribution in [1.82, 2.24) is 0 Å². The zero-order chi connectivity index (χ0) is 23.9. The van der Waals surface area contributed by atoms with Crippen LogP contribution in [-0.4, -0.2) is 0 Å². The molecule has 0 aliphatic rings. The molecule has 0 spiro atoms. The molecule has 0 aromatic heterocycles. The van der Waals surface area contributed by atoms with Crippen molar-refractivity contribution in [2.75, 3.05) is 11.5 Å². The van der Waals surface area contributed by atoms with Crippen LogP contribution < -0.4 is 11.5 Å². The molecule has 0 fully saturated rings. The molecule has 0 aliphatic carbocycles. The topological polar surface area (TPSA) is 52.0 Å².